The Morgan fingerprint density at radius 2 is 1.62 bits per heavy atom. The summed E-state index contributed by atoms with van der Waals surface area (Å²) in [7, 11) is 1.34. The van der Waals surface area contributed by atoms with Gasteiger partial charge in [0.2, 0.25) is 5.91 Å². The van der Waals surface area contributed by atoms with Gasteiger partial charge < -0.3 is 30.3 Å². The first-order valence-corrected chi connectivity index (χ1v) is 10.1. The molecular formula is C23H26N2O7. The van der Waals surface area contributed by atoms with E-state index in [0.717, 1.165) is 22.3 Å². The second kappa shape index (κ2) is 9.80. The van der Waals surface area contributed by atoms with Gasteiger partial charge in [-0.2, -0.15) is 0 Å². The van der Waals surface area contributed by atoms with Crippen molar-refractivity contribution in [2.45, 2.75) is 24.4 Å². The Labute approximate surface area is 185 Å². The smallest absolute Gasteiger partial charge is 0.408 e. The van der Waals surface area contributed by atoms with E-state index in [1.807, 2.05) is 48.5 Å². The Hall–Kier alpha value is -3.43. The highest BCUT2D eigenvalue weighted by molar-refractivity contribution is 5.92. The van der Waals surface area contributed by atoms with Crippen molar-refractivity contribution in [3.8, 4) is 11.1 Å². The predicted molar refractivity (Wildman–Crippen MR) is 115 cm³/mol. The molecule has 0 aromatic heterocycles. The van der Waals surface area contributed by atoms with Crippen molar-refractivity contribution in [3.05, 3.63) is 59.7 Å². The van der Waals surface area contributed by atoms with Gasteiger partial charge in [-0.1, -0.05) is 48.5 Å². The number of aliphatic hydroxyl groups excluding tert-OH is 1. The number of hydrogen-bond acceptors (Lipinski definition) is 6. The quantitative estimate of drug-likeness (QED) is 0.462. The number of carbonyl (C=O) groups is 3. The molecule has 32 heavy (non-hydrogen) atoms. The molecule has 3 rings (SSSR count). The number of carbonyl (C=O) groups excluding carboxylic acids is 2. The normalized spacial score (nSPS) is 15.1. The number of aliphatic hydroxyl groups is 1. The second-order valence-electron chi connectivity index (χ2n) is 7.76. The van der Waals surface area contributed by atoms with Gasteiger partial charge in [0, 0.05) is 13.0 Å². The van der Waals surface area contributed by atoms with Gasteiger partial charge in [0.15, 0.2) is 0 Å². The Morgan fingerprint density at radius 1 is 1.06 bits per heavy atom. The molecule has 0 fully saturated rings. The molecule has 9 heteroatoms. The number of methoxy groups -OCH3 is 1. The lowest BCUT2D eigenvalue weighted by Crippen LogP contribution is -2.62. The molecule has 170 valence electrons. The molecule has 0 saturated carbocycles. The van der Waals surface area contributed by atoms with Crippen LogP contribution in [0.15, 0.2) is 48.5 Å². The molecular weight excluding hydrogens is 416 g/mol. The largest absolute Gasteiger partial charge is 0.480 e. The zero-order valence-corrected chi connectivity index (χ0v) is 17.8. The predicted octanol–water partition coefficient (Wildman–Crippen LogP) is 1.49. The summed E-state index contributed by atoms with van der Waals surface area (Å²) < 4.78 is 10.5. The first-order chi connectivity index (χ1) is 15.3. The van der Waals surface area contributed by atoms with Crippen LogP contribution in [-0.4, -0.2) is 66.7 Å². The van der Waals surface area contributed by atoms with Gasteiger partial charge >= 0.3 is 12.1 Å². The van der Waals surface area contributed by atoms with Crippen molar-refractivity contribution >= 4 is 18.0 Å². The van der Waals surface area contributed by atoms with Gasteiger partial charge in [-0.05, 0) is 29.2 Å². The van der Waals surface area contributed by atoms with Crippen molar-refractivity contribution in [1.29, 1.82) is 0 Å². The van der Waals surface area contributed by atoms with Crippen molar-refractivity contribution in [1.82, 2.24) is 10.6 Å². The maximum absolute atomic E-state index is 12.6. The fourth-order valence-corrected chi connectivity index (χ4v) is 3.81. The molecule has 0 heterocycles. The number of nitrogens with one attached hydrogen (secondary N) is 2. The molecule has 9 nitrogen and oxygen atoms in total. The molecule has 0 bridgehead atoms. The summed E-state index contributed by atoms with van der Waals surface area (Å²) in [5.41, 5.74) is 2.66. The number of aliphatic carboxylic acids is 1. The molecule has 0 spiro atoms. The fraction of sp³-hybridized carbons (Fsp3) is 0.348. The lowest BCUT2D eigenvalue weighted by atomic mass is 9.98. The van der Waals surface area contributed by atoms with E-state index in [4.69, 9.17) is 19.7 Å². The number of benzene rings is 2. The Kier molecular flexibility index (Phi) is 7.12. The molecule has 2 atom stereocenters. The van der Waals surface area contributed by atoms with Crippen LogP contribution >= 0.6 is 0 Å². The SMILES string of the molecule is COCC(C)(NC(=O)OCC1c2ccccc2-c2ccccc21)C(=O)N[C@@H](CO)C(=O)O. The highest BCUT2D eigenvalue weighted by Crippen LogP contribution is 2.44. The highest BCUT2D eigenvalue weighted by atomic mass is 16.5. The molecule has 2 aromatic carbocycles. The summed E-state index contributed by atoms with van der Waals surface area (Å²) in [4.78, 5) is 36.3. The van der Waals surface area contributed by atoms with Crippen molar-refractivity contribution in [3.63, 3.8) is 0 Å². The maximum Gasteiger partial charge on any atom is 0.408 e. The molecule has 4 N–H and O–H groups in total. The van der Waals surface area contributed by atoms with Crippen LogP contribution in [0.4, 0.5) is 4.79 Å². The number of rotatable bonds is 9. The van der Waals surface area contributed by atoms with Gasteiger partial charge in [-0.3, -0.25) is 4.79 Å². The number of carboxylic acid groups (broad SMARTS) is 1. The zero-order valence-electron chi connectivity index (χ0n) is 17.8. The molecule has 1 aliphatic carbocycles. The van der Waals surface area contributed by atoms with E-state index in [0.29, 0.717) is 0 Å². The van der Waals surface area contributed by atoms with Gasteiger partial charge in [0.1, 0.15) is 18.2 Å². The van der Waals surface area contributed by atoms with Crippen molar-refractivity contribution in [2.24, 2.45) is 0 Å². The van der Waals surface area contributed by atoms with Crippen LogP contribution in [0, 0.1) is 0 Å². The minimum Gasteiger partial charge on any atom is -0.480 e. The number of fused-ring (bicyclic) bond motifs is 3. The molecule has 0 saturated heterocycles. The second-order valence-corrected chi connectivity index (χ2v) is 7.76. The van der Waals surface area contributed by atoms with E-state index in [1.165, 1.54) is 14.0 Å². The summed E-state index contributed by atoms with van der Waals surface area (Å²) in [6, 6.07) is 14.3. The summed E-state index contributed by atoms with van der Waals surface area (Å²) >= 11 is 0. The number of ether oxygens (including phenoxy) is 2. The van der Waals surface area contributed by atoms with E-state index in [1.54, 1.807) is 0 Å². The first kappa shape index (κ1) is 23.2. The van der Waals surface area contributed by atoms with E-state index >= 15 is 0 Å². The standard InChI is InChI=1S/C23H26N2O7/c1-23(13-31-2,21(29)24-19(11-26)20(27)28)25-22(30)32-12-18-16-9-5-3-7-14(16)15-8-4-6-10-17(15)18/h3-10,18-19,26H,11-13H2,1-2H3,(H,24,29)(H,25,30)(H,27,28)/t19-,23?/m0/s1. The third-order valence-electron chi connectivity index (χ3n) is 5.44. The molecule has 2 amide bonds. The Morgan fingerprint density at radius 3 is 2.12 bits per heavy atom. The molecule has 0 aliphatic heterocycles. The number of carboxylic acids is 1. The first-order valence-electron chi connectivity index (χ1n) is 10.1. The number of alkyl carbamates (subject to hydrolysis) is 1. The summed E-state index contributed by atoms with van der Waals surface area (Å²) in [5, 5.41) is 22.8. The average molecular weight is 442 g/mol. The third-order valence-corrected chi connectivity index (χ3v) is 5.44. The van der Waals surface area contributed by atoms with Crippen LogP contribution in [0.5, 0.6) is 0 Å². The van der Waals surface area contributed by atoms with E-state index < -0.39 is 36.2 Å². The minimum absolute atomic E-state index is 0.0545. The van der Waals surface area contributed by atoms with Crippen molar-refractivity contribution in [2.75, 3.05) is 26.9 Å². The number of amides is 2. The molecule has 1 unspecified atom stereocenters. The maximum atomic E-state index is 12.6. The van der Waals surface area contributed by atoms with Crippen LogP contribution < -0.4 is 10.6 Å². The third kappa shape index (κ3) is 4.74. The minimum atomic E-state index is -1.61. The van der Waals surface area contributed by atoms with E-state index in [-0.39, 0.29) is 19.1 Å². The summed E-state index contributed by atoms with van der Waals surface area (Å²) in [6.45, 7) is 0.401. The highest BCUT2D eigenvalue weighted by Gasteiger charge is 2.38. The van der Waals surface area contributed by atoms with Crippen LogP contribution in [0.25, 0.3) is 11.1 Å². The van der Waals surface area contributed by atoms with Crippen LogP contribution in [0.1, 0.15) is 24.0 Å². The van der Waals surface area contributed by atoms with E-state index in [2.05, 4.69) is 10.6 Å². The average Bonchev–Trinajstić information content (AvgIpc) is 3.09. The summed E-state index contributed by atoms with van der Waals surface area (Å²) in [5.74, 6) is -2.38. The van der Waals surface area contributed by atoms with Crippen LogP contribution in [0.2, 0.25) is 0 Å². The number of hydrogen-bond donors (Lipinski definition) is 4. The van der Waals surface area contributed by atoms with Gasteiger partial charge in [-0.15, -0.1) is 0 Å². The van der Waals surface area contributed by atoms with Gasteiger partial charge in [0.05, 0.1) is 13.2 Å². The van der Waals surface area contributed by atoms with Crippen molar-refractivity contribution < 1.29 is 34.1 Å². The Bertz CT molecular complexity index is 964. The zero-order chi connectivity index (χ0) is 23.3. The summed E-state index contributed by atoms with van der Waals surface area (Å²) in [6.07, 6.45) is -0.850. The van der Waals surface area contributed by atoms with Gasteiger partial charge in [-0.25, -0.2) is 9.59 Å². The fourth-order valence-electron chi connectivity index (χ4n) is 3.81. The lowest BCUT2D eigenvalue weighted by Gasteiger charge is -2.29. The molecule has 0 radical (unpaired) electrons. The molecule has 2 aromatic rings. The lowest BCUT2D eigenvalue weighted by molar-refractivity contribution is -0.144. The van der Waals surface area contributed by atoms with Gasteiger partial charge in [0.25, 0.3) is 0 Å². The molecule has 1 aliphatic rings. The Balaban J connectivity index is 1.70. The van der Waals surface area contributed by atoms with Crippen LogP contribution in [0.3, 0.4) is 0 Å². The van der Waals surface area contributed by atoms with Crippen LogP contribution in [-0.2, 0) is 19.1 Å². The topological polar surface area (TPSA) is 134 Å². The van der Waals surface area contributed by atoms with E-state index in [9.17, 15) is 14.4 Å². The monoisotopic (exact) mass is 442 g/mol.